The lowest BCUT2D eigenvalue weighted by Crippen LogP contribution is -2.40. The largest absolute Gasteiger partial charge is 0.480 e. The third-order valence-electron chi connectivity index (χ3n) is 5.39. The van der Waals surface area contributed by atoms with Crippen LogP contribution in [0.15, 0.2) is 34.1 Å². The summed E-state index contributed by atoms with van der Waals surface area (Å²) in [6.07, 6.45) is 4.07. The Bertz CT molecular complexity index is 1230. The van der Waals surface area contributed by atoms with Crippen LogP contribution in [-0.4, -0.2) is 61.1 Å². The zero-order valence-electron chi connectivity index (χ0n) is 16.8. The molecule has 2 aromatic heterocycles. The van der Waals surface area contributed by atoms with Gasteiger partial charge >= 0.3 is 5.97 Å². The predicted molar refractivity (Wildman–Crippen MR) is 123 cm³/mol. The van der Waals surface area contributed by atoms with Crippen LogP contribution in [0.5, 0.6) is 0 Å². The summed E-state index contributed by atoms with van der Waals surface area (Å²) in [4.78, 5) is 56.3. The Morgan fingerprint density at radius 1 is 1.28 bits per heavy atom. The van der Waals surface area contributed by atoms with Crippen molar-refractivity contribution in [1.29, 1.82) is 0 Å². The summed E-state index contributed by atoms with van der Waals surface area (Å²) < 4.78 is 1.49. The Balaban J connectivity index is 1.78. The monoisotopic (exact) mass is 473 g/mol. The molecule has 0 radical (unpaired) electrons. The van der Waals surface area contributed by atoms with Crippen molar-refractivity contribution in [2.24, 2.45) is 11.7 Å². The van der Waals surface area contributed by atoms with E-state index in [2.05, 4.69) is 4.98 Å². The van der Waals surface area contributed by atoms with E-state index in [4.69, 9.17) is 23.1 Å². The lowest BCUT2D eigenvalue weighted by molar-refractivity contribution is -0.140. The maximum Gasteiger partial charge on any atom is 0.323 e. The second-order valence-electron chi connectivity index (χ2n) is 7.41. The van der Waals surface area contributed by atoms with Crippen LogP contribution in [0, 0.1) is 5.92 Å². The number of carboxylic acid groups (broad SMARTS) is 1. The van der Waals surface area contributed by atoms with Gasteiger partial charge < -0.3 is 15.7 Å². The first-order valence-electron chi connectivity index (χ1n) is 9.79. The number of rotatable bonds is 5. The van der Waals surface area contributed by atoms with Gasteiger partial charge in [0.05, 0.1) is 10.5 Å². The second kappa shape index (κ2) is 8.71. The third-order valence-corrected chi connectivity index (χ3v) is 6.77. The van der Waals surface area contributed by atoms with Crippen molar-refractivity contribution in [3.63, 3.8) is 0 Å². The molecule has 2 aromatic rings. The summed E-state index contributed by atoms with van der Waals surface area (Å²) in [5.74, 6) is -1.94. The summed E-state index contributed by atoms with van der Waals surface area (Å²) >= 11 is 6.09. The molecule has 166 valence electrons. The van der Waals surface area contributed by atoms with Gasteiger partial charge in [-0.3, -0.25) is 28.5 Å². The highest BCUT2D eigenvalue weighted by molar-refractivity contribution is 8.26. The normalized spacial score (nSPS) is 18.7. The average Bonchev–Trinajstić information content (AvgIpc) is 3.02. The third kappa shape index (κ3) is 4.10. The lowest BCUT2D eigenvalue weighted by atomic mass is 9.96. The standard InChI is InChI=1S/C20H19N5O5S2/c21-16(28)11-4-7-23(8-5-11)17-12(18(29)24-6-2-1-3-14(24)22-17)9-13-19(30)25(10-15(26)27)20(31)32-13/h1-3,6,9,11H,4-5,7-8,10H2,(H2,21,28)(H,26,27)/b13-9-. The predicted octanol–water partition coefficient (Wildman–Crippen LogP) is 0.682. The number of amides is 2. The number of anilines is 1. The van der Waals surface area contributed by atoms with Crippen molar-refractivity contribution in [2.75, 3.05) is 24.5 Å². The first-order chi connectivity index (χ1) is 15.3. The number of nitrogens with two attached hydrogens (primary N) is 1. The van der Waals surface area contributed by atoms with E-state index in [0.29, 0.717) is 37.4 Å². The molecule has 2 aliphatic rings. The molecule has 0 saturated carbocycles. The molecular weight excluding hydrogens is 454 g/mol. The van der Waals surface area contributed by atoms with Gasteiger partial charge in [0.2, 0.25) is 5.91 Å². The molecule has 0 unspecified atom stereocenters. The Kier molecular flexibility index (Phi) is 5.98. The number of aromatic nitrogens is 2. The zero-order valence-corrected chi connectivity index (χ0v) is 18.4. The number of carbonyl (C=O) groups excluding carboxylic acids is 2. The molecule has 2 aliphatic heterocycles. The van der Waals surface area contributed by atoms with E-state index in [9.17, 15) is 19.2 Å². The Labute approximate surface area is 191 Å². The summed E-state index contributed by atoms with van der Waals surface area (Å²) in [5, 5.41) is 9.04. The maximum atomic E-state index is 13.3. The van der Waals surface area contributed by atoms with Gasteiger partial charge in [-0.25, -0.2) is 4.98 Å². The summed E-state index contributed by atoms with van der Waals surface area (Å²) in [6.45, 7) is 0.401. The molecule has 32 heavy (non-hydrogen) atoms. The molecule has 0 aliphatic carbocycles. The number of pyridine rings is 1. The molecular formula is C20H19N5O5S2. The molecule has 0 bridgehead atoms. The number of primary amides is 1. The quantitative estimate of drug-likeness (QED) is 0.474. The van der Waals surface area contributed by atoms with E-state index in [-0.39, 0.29) is 32.2 Å². The van der Waals surface area contributed by atoms with E-state index < -0.39 is 18.4 Å². The highest BCUT2D eigenvalue weighted by Gasteiger charge is 2.34. The molecule has 4 heterocycles. The van der Waals surface area contributed by atoms with Crippen LogP contribution in [0.4, 0.5) is 5.82 Å². The molecule has 0 aromatic carbocycles. The van der Waals surface area contributed by atoms with Gasteiger partial charge in [0.25, 0.3) is 11.5 Å². The number of nitrogens with zero attached hydrogens (tertiary/aromatic N) is 4. The van der Waals surface area contributed by atoms with Crippen molar-refractivity contribution < 1.29 is 19.5 Å². The Morgan fingerprint density at radius 2 is 2.00 bits per heavy atom. The van der Waals surface area contributed by atoms with Crippen molar-refractivity contribution >= 4 is 63.6 Å². The highest BCUT2D eigenvalue weighted by atomic mass is 32.2. The minimum absolute atomic E-state index is 0.112. The fourth-order valence-electron chi connectivity index (χ4n) is 3.74. The highest BCUT2D eigenvalue weighted by Crippen LogP contribution is 2.34. The number of aliphatic carboxylic acids is 1. The van der Waals surface area contributed by atoms with Gasteiger partial charge in [0.1, 0.15) is 22.3 Å². The van der Waals surface area contributed by atoms with Crippen LogP contribution in [0.3, 0.4) is 0 Å². The summed E-state index contributed by atoms with van der Waals surface area (Å²) in [5.41, 5.74) is 5.70. The molecule has 2 amide bonds. The average molecular weight is 474 g/mol. The molecule has 0 spiro atoms. The lowest BCUT2D eigenvalue weighted by Gasteiger charge is -2.32. The van der Waals surface area contributed by atoms with E-state index in [0.717, 1.165) is 16.7 Å². The van der Waals surface area contributed by atoms with Crippen LogP contribution in [0.2, 0.25) is 0 Å². The van der Waals surface area contributed by atoms with Crippen LogP contribution in [-0.2, 0) is 14.4 Å². The minimum atomic E-state index is -1.19. The summed E-state index contributed by atoms with van der Waals surface area (Å²) in [7, 11) is 0. The van der Waals surface area contributed by atoms with Crippen LogP contribution in [0.1, 0.15) is 18.4 Å². The first kappa shape index (κ1) is 22.0. The van der Waals surface area contributed by atoms with Crippen LogP contribution < -0.4 is 16.2 Å². The molecule has 10 nitrogen and oxygen atoms in total. The fourth-order valence-corrected chi connectivity index (χ4v) is 4.97. The van der Waals surface area contributed by atoms with Crippen molar-refractivity contribution in [3.8, 4) is 0 Å². The molecule has 3 N–H and O–H groups in total. The van der Waals surface area contributed by atoms with E-state index in [1.165, 1.54) is 10.5 Å². The molecule has 2 fully saturated rings. The van der Waals surface area contributed by atoms with E-state index in [1.807, 2.05) is 4.90 Å². The van der Waals surface area contributed by atoms with Gasteiger partial charge in [-0.2, -0.15) is 0 Å². The van der Waals surface area contributed by atoms with Gasteiger partial charge in [-0.05, 0) is 31.1 Å². The number of carboxylic acids is 1. The maximum absolute atomic E-state index is 13.3. The Morgan fingerprint density at radius 3 is 2.66 bits per heavy atom. The van der Waals surface area contributed by atoms with Crippen LogP contribution in [0.25, 0.3) is 11.7 Å². The van der Waals surface area contributed by atoms with Gasteiger partial charge in [-0.1, -0.05) is 30.0 Å². The van der Waals surface area contributed by atoms with E-state index >= 15 is 0 Å². The number of carbonyl (C=O) groups is 3. The molecule has 2 saturated heterocycles. The zero-order chi connectivity index (χ0) is 23.0. The Hall–Kier alpha value is -3.25. The van der Waals surface area contributed by atoms with Gasteiger partial charge in [-0.15, -0.1) is 0 Å². The number of thioether (sulfide) groups is 1. The smallest absolute Gasteiger partial charge is 0.323 e. The summed E-state index contributed by atoms with van der Waals surface area (Å²) in [6, 6.07) is 5.17. The van der Waals surface area contributed by atoms with Crippen LogP contribution >= 0.6 is 24.0 Å². The number of piperidine rings is 1. The van der Waals surface area contributed by atoms with Crippen molar-refractivity contribution in [3.05, 3.63) is 45.2 Å². The number of thiocarbonyl (C=S) groups is 1. The van der Waals surface area contributed by atoms with Gasteiger partial charge in [0.15, 0.2) is 0 Å². The van der Waals surface area contributed by atoms with Gasteiger partial charge in [0, 0.05) is 25.2 Å². The van der Waals surface area contributed by atoms with Crippen molar-refractivity contribution in [2.45, 2.75) is 12.8 Å². The molecule has 0 atom stereocenters. The second-order valence-corrected chi connectivity index (χ2v) is 9.08. The topological polar surface area (TPSA) is 138 Å². The van der Waals surface area contributed by atoms with E-state index in [1.54, 1.807) is 24.4 Å². The SMILES string of the molecule is NC(=O)C1CCN(c2nc3ccccn3c(=O)c2/C=C2\SC(=S)N(CC(=O)O)C2=O)CC1. The van der Waals surface area contributed by atoms with Crippen molar-refractivity contribution in [1.82, 2.24) is 14.3 Å². The molecule has 4 rings (SSSR count). The number of fused-ring (bicyclic) bond motifs is 1. The first-order valence-corrected chi connectivity index (χ1v) is 11.0. The minimum Gasteiger partial charge on any atom is -0.480 e. The number of hydrogen-bond acceptors (Lipinski definition) is 8. The fraction of sp³-hybridized carbons (Fsp3) is 0.300. The molecule has 12 heteroatoms. The number of hydrogen-bond donors (Lipinski definition) is 2.